The predicted octanol–water partition coefficient (Wildman–Crippen LogP) is -1.20. The molecule has 0 bridgehead atoms. The Morgan fingerprint density at radius 2 is 1.77 bits per heavy atom. The largest absolute Gasteiger partial charge is 0.506 e. The van der Waals surface area contributed by atoms with Crippen molar-refractivity contribution in [1.82, 2.24) is 29.0 Å². The van der Waals surface area contributed by atoms with E-state index in [2.05, 4.69) is 15.3 Å². The van der Waals surface area contributed by atoms with E-state index in [1.54, 1.807) is 7.05 Å². The molecule has 0 aromatic carbocycles. The Kier molecular flexibility index (Phi) is 12.7. The van der Waals surface area contributed by atoms with Gasteiger partial charge in [0.2, 0.25) is 5.91 Å². The summed E-state index contributed by atoms with van der Waals surface area (Å²) < 4.78 is 8.98. The third-order valence-electron chi connectivity index (χ3n) is 7.46. The lowest BCUT2D eigenvalue weighted by Crippen LogP contribution is -2.46. The summed E-state index contributed by atoms with van der Waals surface area (Å²) >= 11 is 0. The average molecular weight is 665 g/mol. The van der Waals surface area contributed by atoms with Gasteiger partial charge in [0.1, 0.15) is 30.8 Å². The number of aliphatic hydroxyl groups excluding tert-OH is 3. The minimum absolute atomic E-state index is 0.0369. The minimum Gasteiger partial charge on any atom is -0.506 e. The quantitative estimate of drug-likeness (QED) is 0.0493. The lowest BCUT2D eigenvalue weighted by Gasteiger charge is -2.27. The summed E-state index contributed by atoms with van der Waals surface area (Å²) in [5, 5.41) is 41.9. The molecule has 3 aromatic heterocycles. The van der Waals surface area contributed by atoms with Gasteiger partial charge in [-0.25, -0.2) is 14.6 Å². The summed E-state index contributed by atoms with van der Waals surface area (Å²) in [6.45, 7) is 1.03. The Morgan fingerprint density at radius 3 is 2.45 bits per heavy atom. The van der Waals surface area contributed by atoms with Gasteiger partial charge in [-0.15, -0.1) is 0 Å². The monoisotopic (exact) mass is 664 g/mol. The molecule has 5 N–H and O–H groups in total. The number of pyridine rings is 1. The van der Waals surface area contributed by atoms with Crippen LogP contribution in [0.15, 0.2) is 22.1 Å². The SMILES string of the molecule is Cn1cnc2c1c(=O)n(CCCCC(=O)OOCc1c(CO)cnc(COC(=O)CCNC(=O)[C@H](O)C(C)(C)CO)c1O)c(=O)n2C. The second-order valence-corrected chi connectivity index (χ2v) is 11.5. The summed E-state index contributed by atoms with van der Waals surface area (Å²) in [5.41, 5.74) is -1.40. The number of nitrogens with one attached hydrogen (secondary N) is 1. The first-order valence-electron chi connectivity index (χ1n) is 14.7. The van der Waals surface area contributed by atoms with E-state index in [1.807, 2.05) is 0 Å². The number of rotatable bonds is 17. The van der Waals surface area contributed by atoms with Crippen molar-refractivity contribution in [3.05, 3.63) is 50.2 Å². The molecule has 0 aliphatic heterocycles. The number of carbonyl (C=O) groups is 3. The van der Waals surface area contributed by atoms with Gasteiger partial charge in [0.05, 0.1) is 26.0 Å². The highest BCUT2D eigenvalue weighted by Crippen LogP contribution is 2.26. The third-order valence-corrected chi connectivity index (χ3v) is 7.46. The summed E-state index contributed by atoms with van der Waals surface area (Å²) in [7, 11) is 3.16. The molecule has 0 spiro atoms. The Morgan fingerprint density at radius 1 is 1.04 bits per heavy atom. The molecule has 18 heteroatoms. The van der Waals surface area contributed by atoms with E-state index in [1.165, 1.54) is 42.6 Å². The van der Waals surface area contributed by atoms with Crippen LogP contribution >= 0.6 is 0 Å². The number of amides is 1. The first-order valence-corrected chi connectivity index (χ1v) is 14.7. The van der Waals surface area contributed by atoms with Crippen molar-refractivity contribution in [3.63, 3.8) is 0 Å². The second kappa shape index (κ2) is 16.3. The van der Waals surface area contributed by atoms with Crippen LogP contribution < -0.4 is 16.6 Å². The standard InChI is InChI=1S/C29H40N6O12/c1-29(2,15-37)24(41)26(42)30-9-8-20(38)45-14-19-23(40)18(17(12-36)11-31-19)13-46-47-21(39)7-5-6-10-35-27(43)22-25(32-16-33(22)3)34(4)28(35)44/h11,16,24,36-37,40-41H,5-10,12-15H2,1-4H3,(H,30,42)/t24-/m0/s1. The number of ether oxygens (including phenoxy) is 1. The zero-order valence-corrected chi connectivity index (χ0v) is 26.6. The molecule has 47 heavy (non-hydrogen) atoms. The van der Waals surface area contributed by atoms with E-state index in [4.69, 9.17) is 14.5 Å². The van der Waals surface area contributed by atoms with Gasteiger partial charge in [-0.1, -0.05) is 13.8 Å². The molecular formula is C29H40N6O12. The van der Waals surface area contributed by atoms with Gasteiger partial charge in [-0.05, 0) is 12.8 Å². The molecule has 1 atom stereocenters. The summed E-state index contributed by atoms with van der Waals surface area (Å²) in [6.07, 6.45) is 1.40. The summed E-state index contributed by atoms with van der Waals surface area (Å²) in [6, 6.07) is 0. The molecule has 0 unspecified atom stereocenters. The molecular weight excluding hydrogens is 624 g/mol. The highest BCUT2D eigenvalue weighted by molar-refractivity contribution is 5.82. The number of aryl methyl sites for hydroxylation is 2. The minimum atomic E-state index is -1.49. The van der Waals surface area contributed by atoms with Gasteiger partial charge in [-0.2, -0.15) is 4.89 Å². The van der Waals surface area contributed by atoms with Crippen LogP contribution in [0.5, 0.6) is 5.75 Å². The van der Waals surface area contributed by atoms with Crippen LogP contribution in [-0.2, 0) is 69.4 Å². The van der Waals surface area contributed by atoms with Crippen LogP contribution in [0.4, 0.5) is 0 Å². The molecule has 3 heterocycles. The van der Waals surface area contributed by atoms with Gasteiger partial charge in [0.25, 0.3) is 5.56 Å². The first kappa shape index (κ1) is 36.8. The van der Waals surface area contributed by atoms with Crippen LogP contribution in [-0.4, -0.2) is 81.2 Å². The van der Waals surface area contributed by atoms with Gasteiger partial charge in [-0.3, -0.25) is 33.4 Å². The summed E-state index contributed by atoms with van der Waals surface area (Å²) in [5.74, 6) is -2.72. The van der Waals surface area contributed by atoms with Crippen LogP contribution in [0.25, 0.3) is 11.2 Å². The average Bonchev–Trinajstić information content (AvgIpc) is 3.44. The topological polar surface area (TPSA) is 247 Å². The molecule has 3 aromatic rings. The molecule has 3 rings (SSSR count). The van der Waals surface area contributed by atoms with E-state index in [-0.39, 0.29) is 60.3 Å². The molecule has 0 aliphatic rings. The Hall–Kier alpha value is -4.65. The van der Waals surface area contributed by atoms with E-state index < -0.39 is 72.8 Å². The molecule has 1 amide bonds. The Balaban J connectivity index is 1.45. The third kappa shape index (κ3) is 9.00. The molecule has 0 aliphatic carbocycles. The van der Waals surface area contributed by atoms with Crippen molar-refractivity contribution in [2.24, 2.45) is 19.5 Å². The number of unbranched alkanes of at least 4 members (excludes halogenated alkanes) is 1. The second-order valence-electron chi connectivity index (χ2n) is 11.5. The molecule has 258 valence electrons. The molecule has 0 saturated heterocycles. The smallest absolute Gasteiger partial charge is 0.342 e. The molecule has 0 radical (unpaired) electrons. The maximum Gasteiger partial charge on any atom is 0.342 e. The zero-order chi connectivity index (χ0) is 34.9. The number of nitrogens with zero attached hydrogens (tertiary/aromatic N) is 5. The Bertz CT molecular complexity index is 1710. The maximum absolute atomic E-state index is 12.8. The fourth-order valence-corrected chi connectivity index (χ4v) is 4.40. The van der Waals surface area contributed by atoms with Crippen molar-refractivity contribution in [2.75, 3.05) is 13.2 Å². The normalized spacial score (nSPS) is 12.2. The van der Waals surface area contributed by atoms with Crippen molar-refractivity contribution in [1.29, 1.82) is 0 Å². The molecule has 18 nitrogen and oxygen atoms in total. The van der Waals surface area contributed by atoms with E-state index in [0.717, 1.165) is 4.57 Å². The van der Waals surface area contributed by atoms with E-state index >= 15 is 0 Å². The maximum atomic E-state index is 12.8. The van der Waals surface area contributed by atoms with Crippen LogP contribution in [0, 0.1) is 5.41 Å². The number of imidazole rings is 1. The number of hydrogen-bond donors (Lipinski definition) is 5. The number of aliphatic hydroxyl groups is 3. The highest BCUT2D eigenvalue weighted by atomic mass is 17.2. The highest BCUT2D eigenvalue weighted by Gasteiger charge is 2.32. The van der Waals surface area contributed by atoms with Crippen molar-refractivity contribution in [3.8, 4) is 5.75 Å². The molecule has 0 saturated carbocycles. The number of aromatic hydroxyl groups is 1. The van der Waals surface area contributed by atoms with Gasteiger partial charge in [0.15, 0.2) is 11.2 Å². The van der Waals surface area contributed by atoms with E-state index in [9.17, 15) is 44.4 Å². The Labute approximate surface area is 268 Å². The first-order chi connectivity index (χ1) is 22.2. The van der Waals surface area contributed by atoms with Crippen LogP contribution in [0.1, 0.15) is 56.4 Å². The van der Waals surface area contributed by atoms with Crippen molar-refractivity contribution < 1.29 is 49.3 Å². The fourth-order valence-electron chi connectivity index (χ4n) is 4.40. The van der Waals surface area contributed by atoms with Crippen LogP contribution in [0.3, 0.4) is 0 Å². The number of esters is 1. The van der Waals surface area contributed by atoms with E-state index in [0.29, 0.717) is 6.42 Å². The van der Waals surface area contributed by atoms with Gasteiger partial charge in [0, 0.05) is 56.3 Å². The molecule has 0 fully saturated rings. The lowest BCUT2D eigenvalue weighted by atomic mass is 9.87. The predicted molar refractivity (Wildman–Crippen MR) is 161 cm³/mol. The number of fused-ring (bicyclic) bond motifs is 1. The van der Waals surface area contributed by atoms with Crippen molar-refractivity contribution in [2.45, 2.75) is 72.0 Å². The lowest BCUT2D eigenvalue weighted by molar-refractivity contribution is -0.280. The van der Waals surface area contributed by atoms with Gasteiger partial charge >= 0.3 is 17.6 Å². The number of carbonyl (C=O) groups excluding carboxylic acids is 3. The number of hydrogen-bond acceptors (Lipinski definition) is 14. The number of aromatic nitrogens is 5. The van der Waals surface area contributed by atoms with Gasteiger partial charge < -0.3 is 35.0 Å². The van der Waals surface area contributed by atoms with Crippen LogP contribution in [0.2, 0.25) is 0 Å². The zero-order valence-electron chi connectivity index (χ0n) is 26.6. The van der Waals surface area contributed by atoms with Crippen molar-refractivity contribution >= 4 is 29.0 Å². The fraction of sp³-hybridized carbons (Fsp3) is 0.552. The summed E-state index contributed by atoms with van der Waals surface area (Å²) in [4.78, 5) is 79.5.